The normalized spacial score (nSPS) is 16.0. The number of nitrogens with two attached hydrogens (primary N) is 1. The maximum atomic E-state index is 12.0. The molecule has 1 aromatic rings. The van der Waals surface area contributed by atoms with Gasteiger partial charge in [-0.25, -0.2) is 13.6 Å². The molecule has 6 nitrogen and oxygen atoms in total. The van der Waals surface area contributed by atoms with E-state index in [9.17, 15) is 13.2 Å². The van der Waals surface area contributed by atoms with E-state index >= 15 is 0 Å². The van der Waals surface area contributed by atoms with Crippen molar-refractivity contribution in [3.8, 4) is 0 Å². The summed E-state index contributed by atoms with van der Waals surface area (Å²) in [6.07, 6.45) is 3.37. The first-order chi connectivity index (χ1) is 8.29. The van der Waals surface area contributed by atoms with Gasteiger partial charge < -0.3 is 9.88 Å². The lowest BCUT2D eigenvalue weighted by Crippen LogP contribution is -2.28. The Labute approximate surface area is 106 Å². The summed E-state index contributed by atoms with van der Waals surface area (Å²) in [6.45, 7) is 3.75. The first-order valence-corrected chi connectivity index (χ1v) is 7.39. The summed E-state index contributed by atoms with van der Waals surface area (Å²) in [5, 5.41) is 7.91. The predicted molar refractivity (Wildman–Crippen MR) is 66.7 cm³/mol. The van der Waals surface area contributed by atoms with Crippen LogP contribution in [0.2, 0.25) is 0 Å². The van der Waals surface area contributed by atoms with Gasteiger partial charge in [-0.1, -0.05) is 0 Å². The first-order valence-electron chi connectivity index (χ1n) is 5.84. The molecule has 7 heteroatoms. The Hall–Kier alpha value is -1.34. The van der Waals surface area contributed by atoms with Gasteiger partial charge in [0.2, 0.25) is 10.0 Å². The molecule has 1 aliphatic rings. The number of amides is 1. The smallest absolute Gasteiger partial charge is 0.268 e. The Bertz CT molecular complexity index is 570. The molecule has 1 heterocycles. The van der Waals surface area contributed by atoms with Gasteiger partial charge in [-0.15, -0.1) is 0 Å². The fourth-order valence-corrected chi connectivity index (χ4v) is 2.24. The van der Waals surface area contributed by atoms with Crippen molar-refractivity contribution >= 4 is 15.9 Å². The van der Waals surface area contributed by atoms with Crippen LogP contribution in [0.1, 0.15) is 43.2 Å². The van der Waals surface area contributed by atoms with Crippen LogP contribution in [0.15, 0.2) is 17.2 Å². The van der Waals surface area contributed by atoms with Crippen molar-refractivity contribution in [2.45, 2.75) is 43.7 Å². The summed E-state index contributed by atoms with van der Waals surface area (Å²) >= 11 is 0. The zero-order valence-electron chi connectivity index (χ0n) is 10.4. The summed E-state index contributed by atoms with van der Waals surface area (Å²) in [6, 6.07) is 1.54. The summed E-state index contributed by atoms with van der Waals surface area (Å²) in [5.74, 6) is -0.249. The third-order valence-electron chi connectivity index (χ3n) is 2.85. The Morgan fingerprint density at radius 1 is 1.50 bits per heavy atom. The number of carbonyl (C=O) groups is 1. The van der Waals surface area contributed by atoms with E-state index < -0.39 is 10.0 Å². The molecule has 0 atom stereocenters. The van der Waals surface area contributed by atoms with Crippen molar-refractivity contribution in [2.75, 3.05) is 0 Å². The molecule has 1 saturated carbocycles. The number of primary sulfonamides is 1. The van der Waals surface area contributed by atoms with Gasteiger partial charge in [-0.3, -0.25) is 4.79 Å². The predicted octanol–water partition coefficient (Wildman–Crippen LogP) is 0.609. The van der Waals surface area contributed by atoms with Crippen LogP contribution in [0, 0.1) is 0 Å². The van der Waals surface area contributed by atoms with Crippen molar-refractivity contribution < 1.29 is 13.2 Å². The average molecular weight is 271 g/mol. The van der Waals surface area contributed by atoms with Crippen LogP contribution < -0.4 is 10.5 Å². The standard InChI is InChI=1S/C11H17N3O3S/c1-7(2)14-6-9(18(12,16)17)5-10(14)11(15)13-8-3-4-8/h5-8H,3-4H2,1-2H3,(H,13,15)(H2,12,16,17). The topological polar surface area (TPSA) is 94.2 Å². The Morgan fingerprint density at radius 3 is 2.56 bits per heavy atom. The van der Waals surface area contributed by atoms with Crippen LogP contribution in [-0.2, 0) is 10.0 Å². The van der Waals surface area contributed by atoms with E-state index in [1.165, 1.54) is 12.3 Å². The van der Waals surface area contributed by atoms with Crippen molar-refractivity contribution in [3.63, 3.8) is 0 Å². The highest BCUT2D eigenvalue weighted by Crippen LogP contribution is 2.22. The van der Waals surface area contributed by atoms with Crippen LogP contribution in [0.3, 0.4) is 0 Å². The van der Waals surface area contributed by atoms with Crippen molar-refractivity contribution in [2.24, 2.45) is 5.14 Å². The Kier molecular flexibility index (Phi) is 3.20. The highest BCUT2D eigenvalue weighted by atomic mass is 32.2. The molecule has 0 radical (unpaired) electrons. The first kappa shape index (κ1) is 13.1. The number of nitrogens with one attached hydrogen (secondary N) is 1. The zero-order chi connectivity index (χ0) is 13.5. The molecule has 0 saturated heterocycles. The van der Waals surface area contributed by atoms with Gasteiger partial charge in [0.1, 0.15) is 10.6 Å². The minimum atomic E-state index is -3.79. The second-order valence-electron chi connectivity index (χ2n) is 4.85. The third-order valence-corrected chi connectivity index (χ3v) is 3.73. The summed E-state index contributed by atoms with van der Waals surface area (Å²) in [4.78, 5) is 12.0. The largest absolute Gasteiger partial charge is 0.348 e. The van der Waals surface area contributed by atoms with E-state index in [1.807, 2.05) is 13.8 Å². The SMILES string of the molecule is CC(C)n1cc(S(N)(=O)=O)cc1C(=O)NC1CC1. The summed E-state index contributed by atoms with van der Waals surface area (Å²) < 4.78 is 24.2. The molecule has 0 spiro atoms. The van der Waals surface area contributed by atoms with Gasteiger partial charge in [0.25, 0.3) is 5.91 Å². The van der Waals surface area contributed by atoms with E-state index in [0.717, 1.165) is 12.8 Å². The molecule has 0 aromatic carbocycles. The van der Waals surface area contributed by atoms with Crippen LogP contribution in [0.5, 0.6) is 0 Å². The maximum Gasteiger partial charge on any atom is 0.268 e. The highest BCUT2D eigenvalue weighted by molar-refractivity contribution is 7.89. The fraction of sp³-hybridized carbons (Fsp3) is 0.545. The molecule has 3 N–H and O–H groups in total. The number of sulfonamides is 1. The summed E-state index contributed by atoms with van der Waals surface area (Å²) in [7, 11) is -3.79. The van der Waals surface area contributed by atoms with Gasteiger partial charge >= 0.3 is 0 Å². The molecule has 1 aliphatic carbocycles. The monoisotopic (exact) mass is 271 g/mol. The van der Waals surface area contributed by atoms with Crippen LogP contribution in [-0.4, -0.2) is 24.9 Å². The molecule has 0 aliphatic heterocycles. The molecule has 100 valence electrons. The Morgan fingerprint density at radius 2 is 2.11 bits per heavy atom. The molecule has 0 unspecified atom stereocenters. The fourth-order valence-electron chi connectivity index (χ4n) is 1.71. The van der Waals surface area contributed by atoms with E-state index in [1.54, 1.807) is 4.57 Å². The Balaban J connectivity index is 2.37. The lowest BCUT2D eigenvalue weighted by atomic mass is 10.3. The van der Waals surface area contributed by atoms with Crippen molar-refractivity contribution in [1.29, 1.82) is 0 Å². The lowest BCUT2D eigenvalue weighted by Gasteiger charge is -2.12. The second-order valence-corrected chi connectivity index (χ2v) is 6.42. The van der Waals surface area contributed by atoms with Gasteiger partial charge in [0.05, 0.1) is 0 Å². The molecular formula is C11H17N3O3S. The van der Waals surface area contributed by atoms with E-state index in [0.29, 0.717) is 5.69 Å². The molecule has 2 rings (SSSR count). The van der Waals surface area contributed by atoms with Crippen molar-refractivity contribution in [1.82, 2.24) is 9.88 Å². The highest BCUT2D eigenvalue weighted by Gasteiger charge is 2.26. The lowest BCUT2D eigenvalue weighted by molar-refractivity contribution is 0.0940. The van der Waals surface area contributed by atoms with Crippen molar-refractivity contribution in [3.05, 3.63) is 18.0 Å². The number of hydrogen-bond acceptors (Lipinski definition) is 3. The van der Waals surface area contributed by atoms with Gasteiger partial charge in [-0.05, 0) is 32.8 Å². The number of carbonyl (C=O) groups excluding carboxylic acids is 1. The summed E-state index contributed by atoms with van der Waals surface area (Å²) in [5.41, 5.74) is 0.334. The molecule has 1 fully saturated rings. The van der Waals surface area contributed by atoms with Gasteiger partial charge in [-0.2, -0.15) is 0 Å². The van der Waals surface area contributed by atoms with Crippen LogP contribution in [0.25, 0.3) is 0 Å². The number of hydrogen-bond donors (Lipinski definition) is 2. The quantitative estimate of drug-likeness (QED) is 0.840. The van der Waals surface area contributed by atoms with Crippen LogP contribution >= 0.6 is 0 Å². The van der Waals surface area contributed by atoms with Gasteiger partial charge in [0.15, 0.2) is 0 Å². The third kappa shape index (κ3) is 2.73. The number of aromatic nitrogens is 1. The molecule has 0 bridgehead atoms. The molecule has 1 aromatic heterocycles. The number of rotatable bonds is 4. The molecular weight excluding hydrogens is 254 g/mol. The second kappa shape index (κ2) is 4.40. The molecule has 18 heavy (non-hydrogen) atoms. The average Bonchev–Trinajstić information content (AvgIpc) is 2.92. The minimum Gasteiger partial charge on any atom is -0.348 e. The zero-order valence-corrected chi connectivity index (χ0v) is 11.2. The maximum absolute atomic E-state index is 12.0. The van der Waals surface area contributed by atoms with E-state index in [4.69, 9.17) is 5.14 Å². The number of nitrogens with zero attached hydrogens (tertiary/aromatic N) is 1. The van der Waals surface area contributed by atoms with Gasteiger partial charge in [0, 0.05) is 18.3 Å². The van der Waals surface area contributed by atoms with Crippen LogP contribution in [0.4, 0.5) is 0 Å². The van der Waals surface area contributed by atoms with E-state index in [2.05, 4.69) is 5.32 Å². The minimum absolute atomic E-state index is 0.0135. The molecule has 1 amide bonds. The van der Waals surface area contributed by atoms with E-state index in [-0.39, 0.29) is 22.9 Å².